The van der Waals surface area contributed by atoms with Crippen molar-refractivity contribution in [3.05, 3.63) is 46.8 Å². The molecular weight excluding hydrogens is 220 g/mol. The van der Waals surface area contributed by atoms with Crippen molar-refractivity contribution in [2.45, 2.75) is 40.5 Å². The van der Waals surface area contributed by atoms with Crippen molar-refractivity contribution in [3.8, 4) is 11.4 Å². The van der Waals surface area contributed by atoms with Gasteiger partial charge in [0.2, 0.25) is 0 Å². The van der Waals surface area contributed by atoms with Crippen LogP contribution in [-0.2, 0) is 12.8 Å². The van der Waals surface area contributed by atoms with Crippen LogP contribution in [0.5, 0.6) is 0 Å². The fraction of sp³-hybridized carbons (Fsp3) is 0.375. The summed E-state index contributed by atoms with van der Waals surface area (Å²) in [6.07, 6.45) is 1.97. The van der Waals surface area contributed by atoms with E-state index in [-0.39, 0.29) is 0 Å². The van der Waals surface area contributed by atoms with Gasteiger partial charge in [0.25, 0.3) is 0 Å². The molecule has 2 heterocycles. The first-order chi connectivity index (χ1) is 8.65. The predicted octanol–water partition coefficient (Wildman–Crippen LogP) is 3.89. The molecule has 0 saturated heterocycles. The molecule has 0 amide bonds. The normalized spacial score (nSPS) is 10.7. The van der Waals surface area contributed by atoms with Gasteiger partial charge in [0.15, 0.2) is 0 Å². The standard InChI is InChI=1S/C16H20N2/c1-5-13-9-7-11(3)17-15(13)16-14(6-2)10-8-12(4)18-16/h7-10H,5-6H2,1-4H3. The van der Waals surface area contributed by atoms with Gasteiger partial charge in [-0.3, -0.25) is 9.97 Å². The van der Waals surface area contributed by atoms with Gasteiger partial charge >= 0.3 is 0 Å². The quantitative estimate of drug-likeness (QED) is 0.813. The number of hydrogen-bond donors (Lipinski definition) is 0. The highest BCUT2D eigenvalue weighted by atomic mass is 14.8. The Balaban J connectivity index is 2.67. The summed E-state index contributed by atoms with van der Waals surface area (Å²) in [5.74, 6) is 0. The molecule has 0 fully saturated rings. The van der Waals surface area contributed by atoms with Gasteiger partial charge in [-0.1, -0.05) is 26.0 Å². The van der Waals surface area contributed by atoms with Crippen molar-refractivity contribution >= 4 is 0 Å². The average molecular weight is 240 g/mol. The van der Waals surface area contributed by atoms with Crippen molar-refractivity contribution < 1.29 is 0 Å². The average Bonchev–Trinajstić information content (AvgIpc) is 2.38. The summed E-state index contributed by atoms with van der Waals surface area (Å²) in [4.78, 5) is 9.40. The van der Waals surface area contributed by atoms with Crippen LogP contribution in [0.15, 0.2) is 24.3 Å². The van der Waals surface area contributed by atoms with Gasteiger partial charge in [-0.25, -0.2) is 0 Å². The van der Waals surface area contributed by atoms with Gasteiger partial charge < -0.3 is 0 Å². The van der Waals surface area contributed by atoms with E-state index >= 15 is 0 Å². The minimum atomic E-state index is 0.987. The Hall–Kier alpha value is -1.70. The number of aromatic nitrogens is 2. The van der Waals surface area contributed by atoms with Crippen molar-refractivity contribution in [3.63, 3.8) is 0 Å². The fourth-order valence-corrected chi connectivity index (χ4v) is 2.15. The van der Waals surface area contributed by atoms with Gasteiger partial charge in [0.1, 0.15) is 0 Å². The molecule has 0 bridgehead atoms. The fourth-order valence-electron chi connectivity index (χ4n) is 2.15. The first-order valence-corrected chi connectivity index (χ1v) is 6.59. The molecule has 0 radical (unpaired) electrons. The number of pyridine rings is 2. The first kappa shape index (κ1) is 12.7. The van der Waals surface area contributed by atoms with Crippen LogP contribution < -0.4 is 0 Å². The highest BCUT2D eigenvalue weighted by Crippen LogP contribution is 2.25. The third-order valence-electron chi connectivity index (χ3n) is 3.22. The highest BCUT2D eigenvalue weighted by Gasteiger charge is 2.11. The second-order valence-corrected chi connectivity index (χ2v) is 4.63. The molecule has 2 rings (SSSR count). The topological polar surface area (TPSA) is 25.8 Å². The van der Waals surface area contributed by atoms with Crippen molar-refractivity contribution in [2.24, 2.45) is 0 Å². The maximum Gasteiger partial charge on any atom is 0.0924 e. The molecule has 0 aliphatic rings. The minimum absolute atomic E-state index is 0.987. The Morgan fingerprint density at radius 1 is 0.722 bits per heavy atom. The second-order valence-electron chi connectivity index (χ2n) is 4.63. The summed E-state index contributed by atoms with van der Waals surface area (Å²) in [5.41, 5.74) is 6.75. The smallest absolute Gasteiger partial charge is 0.0924 e. The number of aryl methyl sites for hydroxylation is 4. The van der Waals surface area contributed by atoms with E-state index in [1.54, 1.807) is 0 Å². The van der Waals surface area contributed by atoms with Gasteiger partial charge in [-0.05, 0) is 49.9 Å². The van der Waals surface area contributed by atoms with Crippen LogP contribution in [0.25, 0.3) is 11.4 Å². The lowest BCUT2D eigenvalue weighted by atomic mass is 10.0. The summed E-state index contributed by atoms with van der Waals surface area (Å²) in [5, 5.41) is 0. The van der Waals surface area contributed by atoms with E-state index in [4.69, 9.17) is 9.97 Å². The molecule has 2 aromatic heterocycles. The summed E-state index contributed by atoms with van der Waals surface area (Å²) in [6.45, 7) is 8.39. The monoisotopic (exact) mass is 240 g/mol. The molecule has 0 unspecified atom stereocenters. The number of rotatable bonds is 3. The largest absolute Gasteiger partial charge is 0.251 e. The Bertz CT molecular complexity index is 508. The molecule has 94 valence electrons. The minimum Gasteiger partial charge on any atom is -0.251 e. The third kappa shape index (κ3) is 2.42. The zero-order valence-corrected chi connectivity index (χ0v) is 11.6. The predicted molar refractivity (Wildman–Crippen MR) is 75.7 cm³/mol. The first-order valence-electron chi connectivity index (χ1n) is 6.59. The van der Waals surface area contributed by atoms with E-state index < -0.39 is 0 Å². The van der Waals surface area contributed by atoms with E-state index in [2.05, 4.69) is 38.1 Å². The van der Waals surface area contributed by atoms with E-state index in [1.807, 2.05) is 13.8 Å². The van der Waals surface area contributed by atoms with Crippen molar-refractivity contribution in [2.75, 3.05) is 0 Å². The SMILES string of the molecule is CCc1ccc(C)nc1-c1nc(C)ccc1CC. The molecule has 0 N–H and O–H groups in total. The van der Waals surface area contributed by atoms with Gasteiger partial charge in [0.05, 0.1) is 11.4 Å². The van der Waals surface area contributed by atoms with Crippen LogP contribution in [0, 0.1) is 13.8 Å². The maximum absolute atomic E-state index is 4.70. The molecule has 2 nitrogen and oxygen atoms in total. The highest BCUT2D eigenvalue weighted by molar-refractivity contribution is 5.63. The van der Waals surface area contributed by atoms with E-state index in [0.29, 0.717) is 0 Å². The molecule has 2 heteroatoms. The Morgan fingerprint density at radius 2 is 1.11 bits per heavy atom. The summed E-state index contributed by atoms with van der Waals surface area (Å²) >= 11 is 0. The Morgan fingerprint density at radius 3 is 1.44 bits per heavy atom. The van der Waals surface area contributed by atoms with E-state index in [9.17, 15) is 0 Å². The van der Waals surface area contributed by atoms with Gasteiger partial charge in [-0.2, -0.15) is 0 Å². The lowest BCUT2D eigenvalue weighted by Crippen LogP contribution is -2.00. The zero-order chi connectivity index (χ0) is 13.1. The van der Waals surface area contributed by atoms with E-state index in [0.717, 1.165) is 35.6 Å². The molecule has 2 aromatic rings. The molecule has 0 aliphatic carbocycles. The van der Waals surface area contributed by atoms with Crippen LogP contribution in [0.1, 0.15) is 36.4 Å². The Kier molecular flexibility index (Phi) is 3.75. The third-order valence-corrected chi connectivity index (χ3v) is 3.22. The summed E-state index contributed by atoms with van der Waals surface area (Å²) in [7, 11) is 0. The summed E-state index contributed by atoms with van der Waals surface area (Å²) in [6, 6.07) is 8.48. The molecule has 0 aromatic carbocycles. The molecular formula is C16H20N2. The van der Waals surface area contributed by atoms with Gasteiger partial charge in [-0.15, -0.1) is 0 Å². The van der Waals surface area contributed by atoms with Gasteiger partial charge in [0, 0.05) is 11.4 Å². The molecule has 18 heavy (non-hydrogen) atoms. The van der Waals surface area contributed by atoms with E-state index in [1.165, 1.54) is 11.1 Å². The molecule has 0 atom stereocenters. The molecule has 0 spiro atoms. The van der Waals surface area contributed by atoms with Crippen LogP contribution in [0.3, 0.4) is 0 Å². The lowest BCUT2D eigenvalue weighted by molar-refractivity contribution is 1.03. The van der Waals surface area contributed by atoms with Crippen LogP contribution in [0.2, 0.25) is 0 Å². The lowest BCUT2D eigenvalue weighted by Gasteiger charge is -2.12. The van der Waals surface area contributed by atoms with Crippen molar-refractivity contribution in [1.29, 1.82) is 0 Å². The molecule has 0 aliphatic heterocycles. The second kappa shape index (κ2) is 5.30. The number of hydrogen-bond acceptors (Lipinski definition) is 2. The van der Waals surface area contributed by atoms with Crippen molar-refractivity contribution in [1.82, 2.24) is 9.97 Å². The molecule has 0 saturated carbocycles. The van der Waals surface area contributed by atoms with Crippen LogP contribution in [0.4, 0.5) is 0 Å². The zero-order valence-electron chi connectivity index (χ0n) is 11.6. The number of nitrogens with zero attached hydrogens (tertiary/aromatic N) is 2. The maximum atomic E-state index is 4.70. The summed E-state index contributed by atoms with van der Waals surface area (Å²) < 4.78 is 0. The van der Waals surface area contributed by atoms with Crippen LogP contribution >= 0.6 is 0 Å². The van der Waals surface area contributed by atoms with Crippen LogP contribution in [-0.4, -0.2) is 9.97 Å². The Labute approximate surface area is 109 Å².